The van der Waals surface area contributed by atoms with Crippen molar-refractivity contribution in [1.29, 1.82) is 0 Å². The van der Waals surface area contributed by atoms with Gasteiger partial charge in [0.15, 0.2) is 17.3 Å². The van der Waals surface area contributed by atoms with E-state index in [1.807, 2.05) is 44.2 Å². The first-order chi connectivity index (χ1) is 17.8. The molecule has 0 spiro atoms. The van der Waals surface area contributed by atoms with Crippen LogP contribution in [0.5, 0.6) is 11.5 Å². The number of furan rings is 1. The van der Waals surface area contributed by atoms with E-state index in [2.05, 4.69) is 37.0 Å². The van der Waals surface area contributed by atoms with Gasteiger partial charge >= 0.3 is 0 Å². The Hall–Kier alpha value is -3.14. The molecular formula is C27H20Br2ClN3O4. The van der Waals surface area contributed by atoms with Crippen LogP contribution in [0.25, 0.3) is 33.5 Å². The van der Waals surface area contributed by atoms with E-state index in [1.165, 1.54) is 18.0 Å². The molecule has 2 heterocycles. The molecule has 0 aliphatic heterocycles. The first-order valence-corrected chi connectivity index (χ1v) is 13.2. The van der Waals surface area contributed by atoms with Crippen molar-refractivity contribution in [3.8, 4) is 23.1 Å². The zero-order valence-corrected chi connectivity index (χ0v) is 23.9. The summed E-state index contributed by atoms with van der Waals surface area (Å²) >= 11 is 13.6. The Morgan fingerprint density at radius 3 is 2.68 bits per heavy atom. The van der Waals surface area contributed by atoms with Gasteiger partial charge in [-0.05, 0) is 72.2 Å². The quantitative estimate of drug-likeness (QED) is 0.177. The van der Waals surface area contributed by atoms with Crippen molar-refractivity contribution in [1.82, 2.24) is 9.66 Å². The average Bonchev–Trinajstić information content (AvgIpc) is 3.30. The van der Waals surface area contributed by atoms with Crippen LogP contribution in [0.3, 0.4) is 0 Å². The summed E-state index contributed by atoms with van der Waals surface area (Å²) in [5, 5.41) is 6.15. The van der Waals surface area contributed by atoms with Crippen molar-refractivity contribution in [3.63, 3.8) is 0 Å². The monoisotopic (exact) mass is 643 g/mol. The SMILES string of the molecule is COc1cc(C=Nn2c(-c3cc4cc(Br)ccc4o3)nc3ccccc3c2=O)c(Br)c(Cl)c1OC(C)C. The van der Waals surface area contributed by atoms with E-state index in [0.717, 1.165) is 9.86 Å². The van der Waals surface area contributed by atoms with Gasteiger partial charge in [-0.3, -0.25) is 4.79 Å². The van der Waals surface area contributed by atoms with Crippen molar-refractivity contribution >= 4 is 71.5 Å². The third-order valence-corrected chi connectivity index (χ3v) is 7.43. The largest absolute Gasteiger partial charge is 0.493 e. The second-order valence-corrected chi connectivity index (χ2v) is 10.5. The van der Waals surface area contributed by atoms with Gasteiger partial charge in [0.05, 0.1) is 30.3 Å². The molecule has 37 heavy (non-hydrogen) atoms. The van der Waals surface area contributed by atoms with Crippen LogP contribution in [0.2, 0.25) is 5.02 Å². The number of hydrogen-bond acceptors (Lipinski definition) is 6. The summed E-state index contributed by atoms with van der Waals surface area (Å²) in [6.45, 7) is 3.80. The first-order valence-electron chi connectivity index (χ1n) is 11.2. The summed E-state index contributed by atoms with van der Waals surface area (Å²) in [7, 11) is 1.53. The van der Waals surface area contributed by atoms with Crippen molar-refractivity contribution < 1.29 is 13.9 Å². The fraction of sp³-hybridized carbons (Fsp3) is 0.148. The number of benzene rings is 3. The molecule has 0 amide bonds. The Labute approximate surface area is 233 Å². The highest BCUT2D eigenvalue weighted by Crippen LogP contribution is 2.42. The maximum atomic E-state index is 13.5. The minimum absolute atomic E-state index is 0.105. The highest BCUT2D eigenvalue weighted by Gasteiger charge is 2.19. The smallest absolute Gasteiger partial charge is 0.282 e. The van der Waals surface area contributed by atoms with Gasteiger partial charge in [-0.25, -0.2) is 4.98 Å². The summed E-state index contributed by atoms with van der Waals surface area (Å²) in [5.74, 6) is 1.53. The molecule has 0 unspecified atom stereocenters. The lowest BCUT2D eigenvalue weighted by atomic mass is 10.2. The predicted molar refractivity (Wildman–Crippen MR) is 153 cm³/mol. The molecular weight excluding hydrogens is 626 g/mol. The number of halogens is 3. The van der Waals surface area contributed by atoms with Crippen molar-refractivity contribution in [2.24, 2.45) is 5.10 Å². The van der Waals surface area contributed by atoms with Gasteiger partial charge in [0.25, 0.3) is 5.56 Å². The van der Waals surface area contributed by atoms with Crippen LogP contribution in [0.1, 0.15) is 19.4 Å². The van der Waals surface area contributed by atoms with E-state index < -0.39 is 0 Å². The maximum absolute atomic E-state index is 13.5. The number of para-hydroxylation sites is 1. The molecule has 7 nitrogen and oxygen atoms in total. The zero-order valence-electron chi connectivity index (χ0n) is 20.0. The molecule has 0 atom stereocenters. The predicted octanol–water partition coefficient (Wildman–Crippen LogP) is 7.67. The minimum atomic E-state index is -0.340. The first kappa shape index (κ1) is 25.5. The number of aromatic nitrogens is 2. The number of rotatable bonds is 6. The lowest BCUT2D eigenvalue weighted by Gasteiger charge is -2.17. The molecule has 0 aliphatic rings. The Morgan fingerprint density at radius 2 is 1.92 bits per heavy atom. The standard InChI is InChI=1S/C27H20Br2ClN3O4/c1-14(2)36-25-21(35-3)12-16(23(29)24(25)30)13-31-33-26(32-19-7-5-4-6-18(19)27(33)34)22-11-15-10-17(28)8-9-20(15)37-22/h4-14H,1-3H3. The Morgan fingerprint density at radius 1 is 1.14 bits per heavy atom. The van der Waals surface area contributed by atoms with E-state index in [0.29, 0.717) is 48.8 Å². The molecule has 0 saturated carbocycles. The molecule has 5 rings (SSSR count). The van der Waals surface area contributed by atoms with Gasteiger partial charge in [-0.15, -0.1) is 0 Å². The van der Waals surface area contributed by atoms with Gasteiger partial charge in [0.2, 0.25) is 5.82 Å². The minimum Gasteiger partial charge on any atom is -0.493 e. The highest BCUT2D eigenvalue weighted by molar-refractivity contribution is 9.10. The van der Waals surface area contributed by atoms with E-state index in [4.69, 9.17) is 30.5 Å². The van der Waals surface area contributed by atoms with Gasteiger partial charge in [0.1, 0.15) is 10.6 Å². The summed E-state index contributed by atoms with van der Waals surface area (Å²) in [6, 6.07) is 16.3. The van der Waals surface area contributed by atoms with Crippen molar-refractivity contribution in [2.45, 2.75) is 20.0 Å². The summed E-state index contributed by atoms with van der Waals surface area (Å²) in [6.07, 6.45) is 1.41. The van der Waals surface area contributed by atoms with Gasteiger partial charge in [0, 0.05) is 19.9 Å². The van der Waals surface area contributed by atoms with Gasteiger partial charge in [-0.2, -0.15) is 9.78 Å². The highest BCUT2D eigenvalue weighted by atomic mass is 79.9. The number of fused-ring (bicyclic) bond motifs is 2. The van der Waals surface area contributed by atoms with Crippen LogP contribution in [0.15, 0.2) is 77.9 Å². The molecule has 0 N–H and O–H groups in total. The van der Waals surface area contributed by atoms with Crippen LogP contribution in [0.4, 0.5) is 0 Å². The molecule has 0 bridgehead atoms. The van der Waals surface area contributed by atoms with Crippen molar-refractivity contribution in [2.75, 3.05) is 7.11 Å². The summed E-state index contributed by atoms with van der Waals surface area (Å²) < 4.78 is 20.1. The van der Waals surface area contributed by atoms with E-state index in [9.17, 15) is 4.79 Å². The zero-order chi connectivity index (χ0) is 26.3. The summed E-state index contributed by atoms with van der Waals surface area (Å²) in [5.41, 5.74) is 1.44. The van der Waals surface area contributed by atoms with Crippen molar-refractivity contribution in [3.05, 3.63) is 84.5 Å². The topological polar surface area (TPSA) is 78.9 Å². The van der Waals surface area contributed by atoms with Gasteiger partial charge < -0.3 is 13.9 Å². The number of hydrogen-bond donors (Lipinski definition) is 0. The summed E-state index contributed by atoms with van der Waals surface area (Å²) in [4.78, 5) is 18.3. The lowest BCUT2D eigenvalue weighted by molar-refractivity contribution is 0.230. The molecule has 3 aromatic carbocycles. The Balaban J connectivity index is 1.69. The third-order valence-electron chi connectivity index (χ3n) is 5.49. The molecule has 0 radical (unpaired) electrons. The molecule has 5 aromatic rings. The van der Waals surface area contributed by atoms with Gasteiger partial charge in [-0.1, -0.05) is 39.7 Å². The van der Waals surface area contributed by atoms with Crippen LogP contribution >= 0.6 is 43.5 Å². The van der Waals surface area contributed by atoms with E-state index in [-0.39, 0.29) is 17.5 Å². The third kappa shape index (κ3) is 4.91. The number of ether oxygens (including phenoxy) is 2. The Bertz CT molecular complexity index is 1740. The normalized spacial score (nSPS) is 11.8. The fourth-order valence-electron chi connectivity index (χ4n) is 3.83. The second-order valence-electron chi connectivity index (χ2n) is 8.40. The lowest BCUT2D eigenvalue weighted by Crippen LogP contribution is -2.20. The van der Waals surface area contributed by atoms with Crippen LogP contribution < -0.4 is 15.0 Å². The van der Waals surface area contributed by atoms with Crippen LogP contribution in [-0.4, -0.2) is 29.1 Å². The fourth-order valence-corrected chi connectivity index (χ4v) is 4.85. The number of methoxy groups -OCH3 is 1. The second kappa shape index (κ2) is 10.3. The molecule has 2 aromatic heterocycles. The Kier molecular flexibility index (Phi) is 7.11. The number of nitrogens with zero attached hydrogens (tertiary/aromatic N) is 3. The molecule has 10 heteroatoms. The average molecular weight is 646 g/mol. The van der Waals surface area contributed by atoms with Crippen LogP contribution in [-0.2, 0) is 0 Å². The van der Waals surface area contributed by atoms with E-state index in [1.54, 1.807) is 24.3 Å². The van der Waals surface area contributed by atoms with E-state index >= 15 is 0 Å². The van der Waals surface area contributed by atoms with Crippen LogP contribution in [0, 0.1) is 0 Å². The molecule has 0 saturated heterocycles. The molecule has 188 valence electrons. The maximum Gasteiger partial charge on any atom is 0.282 e. The molecule has 0 aliphatic carbocycles. The molecule has 0 fully saturated rings.